The van der Waals surface area contributed by atoms with Crippen LogP contribution < -0.4 is 10.1 Å². The molecule has 25 heavy (non-hydrogen) atoms. The third kappa shape index (κ3) is 5.89. The number of amides is 1. The van der Waals surface area contributed by atoms with Crippen LogP contribution in [0, 0.1) is 11.3 Å². The van der Waals surface area contributed by atoms with Crippen molar-refractivity contribution in [3.8, 4) is 11.8 Å². The number of hydrogen-bond donors (Lipinski definition) is 2. The molecule has 0 saturated carbocycles. The van der Waals surface area contributed by atoms with Crippen molar-refractivity contribution in [1.82, 2.24) is 5.32 Å². The van der Waals surface area contributed by atoms with Crippen molar-refractivity contribution in [1.29, 1.82) is 5.26 Å². The molecule has 2 N–H and O–H groups in total. The van der Waals surface area contributed by atoms with Crippen LogP contribution in [0.15, 0.2) is 28.2 Å². The number of carboxylic acids is 1. The van der Waals surface area contributed by atoms with E-state index in [-0.39, 0.29) is 17.4 Å². The number of halogens is 1. The molecule has 0 bridgehead atoms. The maximum absolute atomic E-state index is 12.2. The molecular formula is C17H17BrN2O5. The fourth-order valence-corrected chi connectivity index (χ4v) is 2.69. The van der Waals surface area contributed by atoms with E-state index in [1.807, 2.05) is 6.07 Å². The van der Waals surface area contributed by atoms with E-state index in [1.165, 1.54) is 6.08 Å². The van der Waals surface area contributed by atoms with Gasteiger partial charge in [-0.25, -0.2) is 4.79 Å². The van der Waals surface area contributed by atoms with Crippen molar-refractivity contribution in [3.63, 3.8) is 0 Å². The molecular weight excluding hydrogens is 392 g/mol. The van der Waals surface area contributed by atoms with E-state index in [2.05, 4.69) is 21.2 Å². The van der Waals surface area contributed by atoms with Gasteiger partial charge in [-0.05, 0) is 37.1 Å². The predicted octanol–water partition coefficient (Wildman–Crippen LogP) is 2.11. The van der Waals surface area contributed by atoms with Crippen LogP contribution in [0.2, 0.25) is 0 Å². The molecule has 0 unspecified atom stereocenters. The first-order valence-electron chi connectivity index (χ1n) is 7.65. The number of carbonyl (C=O) groups excluding carboxylic acids is 1. The number of carbonyl (C=O) groups is 2. The van der Waals surface area contributed by atoms with Gasteiger partial charge >= 0.3 is 5.97 Å². The van der Waals surface area contributed by atoms with E-state index in [0.29, 0.717) is 23.2 Å². The second kappa shape index (κ2) is 9.20. The topological polar surface area (TPSA) is 109 Å². The Bertz CT molecular complexity index is 720. The molecule has 8 heteroatoms. The third-order valence-corrected chi connectivity index (χ3v) is 4.00. The largest absolute Gasteiger partial charge is 0.481 e. The van der Waals surface area contributed by atoms with E-state index in [9.17, 15) is 14.9 Å². The SMILES string of the molecule is N#C/C(=C\c1cc(Br)ccc1OCC(=O)O)C(=O)NC[C@@H]1CCCO1. The highest BCUT2D eigenvalue weighted by Gasteiger charge is 2.18. The molecule has 0 spiro atoms. The lowest BCUT2D eigenvalue weighted by Crippen LogP contribution is -2.32. The van der Waals surface area contributed by atoms with Gasteiger partial charge in [-0.15, -0.1) is 0 Å². The molecule has 0 radical (unpaired) electrons. The summed E-state index contributed by atoms with van der Waals surface area (Å²) in [6.07, 6.45) is 3.19. The van der Waals surface area contributed by atoms with Crippen LogP contribution in [0.3, 0.4) is 0 Å². The zero-order chi connectivity index (χ0) is 18.2. The molecule has 1 fully saturated rings. The maximum atomic E-state index is 12.2. The van der Waals surface area contributed by atoms with E-state index >= 15 is 0 Å². The van der Waals surface area contributed by atoms with Gasteiger partial charge in [0.05, 0.1) is 6.10 Å². The Morgan fingerprint density at radius 1 is 1.52 bits per heavy atom. The average Bonchev–Trinajstić information content (AvgIpc) is 3.10. The maximum Gasteiger partial charge on any atom is 0.341 e. The molecule has 1 saturated heterocycles. The summed E-state index contributed by atoms with van der Waals surface area (Å²) in [6, 6.07) is 6.75. The van der Waals surface area contributed by atoms with Crippen molar-refractivity contribution < 1.29 is 24.2 Å². The minimum Gasteiger partial charge on any atom is -0.481 e. The third-order valence-electron chi connectivity index (χ3n) is 3.50. The molecule has 1 aromatic carbocycles. The summed E-state index contributed by atoms with van der Waals surface area (Å²) in [6.45, 7) is 0.512. The van der Waals surface area contributed by atoms with Gasteiger partial charge in [0, 0.05) is 23.2 Å². The average molecular weight is 409 g/mol. The lowest BCUT2D eigenvalue weighted by molar-refractivity contribution is -0.139. The second-order valence-electron chi connectivity index (χ2n) is 5.38. The summed E-state index contributed by atoms with van der Waals surface area (Å²) >= 11 is 3.30. The minimum atomic E-state index is -1.12. The number of nitrogens with zero attached hydrogens (tertiary/aromatic N) is 1. The molecule has 0 aromatic heterocycles. The molecule has 1 atom stereocenters. The number of carboxylic acid groups (broad SMARTS) is 1. The summed E-state index contributed by atoms with van der Waals surface area (Å²) in [5.41, 5.74) is 0.329. The van der Waals surface area contributed by atoms with E-state index in [0.717, 1.165) is 12.8 Å². The summed E-state index contributed by atoms with van der Waals surface area (Å²) in [5, 5.41) is 20.7. The number of nitrogens with one attached hydrogen (secondary N) is 1. The highest BCUT2D eigenvalue weighted by atomic mass is 79.9. The number of hydrogen-bond acceptors (Lipinski definition) is 5. The normalized spacial score (nSPS) is 17.0. The van der Waals surface area contributed by atoms with Crippen molar-refractivity contribution in [2.45, 2.75) is 18.9 Å². The minimum absolute atomic E-state index is 0.0239. The lowest BCUT2D eigenvalue weighted by atomic mass is 10.1. The van der Waals surface area contributed by atoms with Gasteiger partial charge in [0.2, 0.25) is 0 Å². The van der Waals surface area contributed by atoms with E-state index < -0.39 is 18.5 Å². The van der Waals surface area contributed by atoms with Crippen LogP contribution in [0.4, 0.5) is 0 Å². The molecule has 1 amide bonds. The van der Waals surface area contributed by atoms with Gasteiger partial charge in [-0.3, -0.25) is 4.79 Å². The van der Waals surface area contributed by atoms with Crippen molar-refractivity contribution in [2.24, 2.45) is 0 Å². The molecule has 2 rings (SSSR count). The number of rotatable bonds is 7. The van der Waals surface area contributed by atoms with Gasteiger partial charge in [0.1, 0.15) is 17.4 Å². The molecule has 7 nitrogen and oxygen atoms in total. The van der Waals surface area contributed by atoms with Gasteiger partial charge in [0.15, 0.2) is 6.61 Å². The van der Waals surface area contributed by atoms with E-state index in [1.54, 1.807) is 18.2 Å². The number of aliphatic carboxylic acids is 1. The van der Waals surface area contributed by atoms with Gasteiger partial charge < -0.3 is 19.9 Å². The standard InChI is InChI=1S/C17H17BrN2O5/c18-13-3-4-15(25-10-16(21)22)11(7-13)6-12(8-19)17(23)20-9-14-2-1-5-24-14/h3-4,6-7,14H,1-2,5,9-10H2,(H,20,23)(H,21,22)/b12-6+/t14-/m0/s1. The molecule has 0 aliphatic carbocycles. The Balaban J connectivity index is 2.13. The van der Waals surface area contributed by atoms with Gasteiger partial charge in [-0.2, -0.15) is 5.26 Å². The van der Waals surface area contributed by atoms with Crippen LogP contribution in [-0.2, 0) is 14.3 Å². The van der Waals surface area contributed by atoms with Gasteiger partial charge in [0.25, 0.3) is 5.91 Å². The Kier molecular flexibility index (Phi) is 6.98. The van der Waals surface area contributed by atoms with Crippen LogP contribution >= 0.6 is 15.9 Å². The molecule has 132 valence electrons. The number of nitriles is 1. The van der Waals surface area contributed by atoms with Crippen LogP contribution in [0.1, 0.15) is 18.4 Å². The zero-order valence-corrected chi connectivity index (χ0v) is 14.9. The van der Waals surface area contributed by atoms with Crippen molar-refractivity contribution in [2.75, 3.05) is 19.8 Å². The Morgan fingerprint density at radius 3 is 2.96 bits per heavy atom. The molecule has 1 aliphatic rings. The van der Waals surface area contributed by atoms with Gasteiger partial charge in [-0.1, -0.05) is 15.9 Å². The fourth-order valence-electron chi connectivity index (χ4n) is 2.31. The first kappa shape index (κ1) is 19.0. The highest BCUT2D eigenvalue weighted by Crippen LogP contribution is 2.25. The van der Waals surface area contributed by atoms with E-state index in [4.69, 9.17) is 14.6 Å². The summed E-state index contributed by atoms with van der Waals surface area (Å²) in [7, 11) is 0. The first-order chi connectivity index (χ1) is 12.0. The molecule has 1 aromatic rings. The van der Waals surface area contributed by atoms with Crippen molar-refractivity contribution in [3.05, 3.63) is 33.8 Å². The number of ether oxygens (including phenoxy) is 2. The number of benzene rings is 1. The lowest BCUT2D eigenvalue weighted by Gasteiger charge is -2.11. The van der Waals surface area contributed by atoms with Crippen molar-refractivity contribution >= 4 is 33.9 Å². The smallest absolute Gasteiger partial charge is 0.341 e. The Hall–Kier alpha value is -2.37. The second-order valence-corrected chi connectivity index (χ2v) is 6.30. The highest BCUT2D eigenvalue weighted by molar-refractivity contribution is 9.10. The first-order valence-corrected chi connectivity index (χ1v) is 8.44. The fraction of sp³-hybridized carbons (Fsp3) is 0.353. The summed E-state index contributed by atoms with van der Waals surface area (Å²) < 4.78 is 11.3. The molecule has 1 aliphatic heterocycles. The molecule has 1 heterocycles. The Labute approximate surface area is 153 Å². The summed E-state index contributed by atoms with van der Waals surface area (Å²) in [5.74, 6) is -1.36. The summed E-state index contributed by atoms with van der Waals surface area (Å²) in [4.78, 5) is 22.9. The quantitative estimate of drug-likeness (QED) is 0.528. The van der Waals surface area contributed by atoms with Crippen LogP contribution in [-0.4, -0.2) is 42.8 Å². The van der Waals surface area contributed by atoms with Crippen LogP contribution in [0.25, 0.3) is 6.08 Å². The zero-order valence-electron chi connectivity index (χ0n) is 13.3. The monoisotopic (exact) mass is 408 g/mol. The predicted molar refractivity (Wildman–Crippen MR) is 92.8 cm³/mol. The Morgan fingerprint density at radius 2 is 2.32 bits per heavy atom. The van der Waals surface area contributed by atoms with Crippen LogP contribution in [0.5, 0.6) is 5.75 Å².